The Morgan fingerprint density at radius 2 is 1.22 bits per heavy atom. The van der Waals surface area contributed by atoms with E-state index in [0.29, 0.717) is 22.8 Å². The Hall–Kier alpha value is -3.06. The van der Waals surface area contributed by atoms with Gasteiger partial charge < -0.3 is 26.1 Å². The van der Waals surface area contributed by atoms with Crippen molar-refractivity contribution < 1.29 is 42.5 Å². The largest absolute Gasteiger partial charge is 2.00 e. The molecule has 12 nitrogen and oxygen atoms in total. The van der Waals surface area contributed by atoms with E-state index in [1.165, 1.54) is 27.7 Å². The molecule has 1 aliphatic heterocycles. The van der Waals surface area contributed by atoms with E-state index < -0.39 is 4.92 Å². The van der Waals surface area contributed by atoms with E-state index >= 15 is 0 Å². The minimum atomic E-state index is -0.750. The second kappa shape index (κ2) is 22.9. The van der Waals surface area contributed by atoms with Gasteiger partial charge in [-0.3, -0.25) is 10.1 Å². The molecule has 0 bridgehead atoms. The summed E-state index contributed by atoms with van der Waals surface area (Å²) in [5.41, 5.74) is 1.25. The summed E-state index contributed by atoms with van der Waals surface area (Å²) >= 11 is 0. The van der Waals surface area contributed by atoms with E-state index in [1.54, 1.807) is 6.20 Å². The topological polar surface area (TPSA) is 188 Å². The molecule has 0 unspecified atom stereocenters. The van der Waals surface area contributed by atoms with Crippen LogP contribution in [0.25, 0.3) is 5.32 Å². The molecule has 0 saturated heterocycles. The Balaban J connectivity index is -0.000000133. The zero-order valence-electron chi connectivity index (χ0n) is 15.3. The third kappa shape index (κ3) is 28.0. The average molecular weight is 431 g/mol. The van der Waals surface area contributed by atoms with E-state index in [2.05, 4.69) is 33.0 Å². The van der Waals surface area contributed by atoms with Crippen LogP contribution in [0.1, 0.15) is 27.7 Å². The second-order valence-corrected chi connectivity index (χ2v) is 4.21. The van der Waals surface area contributed by atoms with E-state index in [0.717, 1.165) is 6.54 Å². The third-order valence-electron chi connectivity index (χ3n) is 2.30. The van der Waals surface area contributed by atoms with Crippen LogP contribution < -0.4 is 0 Å². The molecule has 0 amide bonds. The summed E-state index contributed by atoms with van der Waals surface area (Å²) in [6.45, 7) is 7.00. The molecule has 0 aliphatic carbocycles. The van der Waals surface area contributed by atoms with Gasteiger partial charge in [0.25, 0.3) is 0 Å². The van der Waals surface area contributed by atoms with Gasteiger partial charge in [-0.2, -0.15) is 6.20 Å². The fraction of sp³-hybridized carbons (Fsp3) is 0.357. The maximum atomic E-state index is 8.69. The molecule has 1 radical (unpaired) electrons. The predicted molar refractivity (Wildman–Crippen MR) is 98.4 cm³/mol. The Kier molecular flexibility index (Phi) is 26.9. The molecule has 0 aromatic heterocycles. The van der Waals surface area contributed by atoms with Crippen molar-refractivity contribution in [3.63, 3.8) is 0 Å². The zero-order chi connectivity index (χ0) is 21.0. The number of hydrogen-bond donors (Lipinski definition) is 4. The number of nitro groups is 1. The van der Waals surface area contributed by atoms with Crippen molar-refractivity contribution in [2.75, 3.05) is 6.54 Å². The van der Waals surface area contributed by atoms with Crippen LogP contribution in [0.2, 0.25) is 0 Å². The summed E-state index contributed by atoms with van der Waals surface area (Å²) in [6, 6.07) is 0. The summed E-state index contributed by atoms with van der Waals surface area (Å²) in [4.78, 5) is 7.94. The normalized spacial score (nSPS) is 13.2. The number of rotatable bonds is 2. The summed E-state index contributed by atoms with van der Waals surface area (Å²) in [7, 11) is 2.36. The molecule has 0 saturated carbocycles. The van der Waals surface area contributed by atoms with Crippen LogP contribution in [-0.2, 0) is 16.8 Å². The Bertz CT molecular complexity index is 492. The van der Waals surface area contributed by atoms with Crippen molar-refractivity contribution in [1.29, 1.82) is 0 Å². The minimum absolute atomic E-state index is 0. The first-order valence-corrected chi connectivity index (χ1v) is 6.86. The summed E-state index contributed by atoms with van der Waals surface area (Å²) in [5.74, 6) is 0. The van der Waals surface area contributed by atoms with Crippen LogP contribution in [0, 0.1) is 17.2 Å². The molecule has 27 heavy (non-hydrogen) atoms. The maximum Gasteiger partial charge on any atom is 2.00 e. The molecule has 13 heteroatoms. The second-order valence-electron chi connectivity index (χ2n) is 4.21. The van der Waals surface area contributed by atoms with Gasteiger partial charge in [0.05, 0.1) is 0 Å². The smallest absolute Gasteiger partial charge is 0.687 e. The Labute approximate surface area is 167 Å². The molecule has 0 spiro atoms. The van der Waals surface area contributed by atoms with Gasteiger partial charge in [-0.15, -0.1) is 17.5 Å². The van der Waals surface area contributed by atoms with Crippen LogP contribution in [0.3, 0.4) is 0 Å². The molecule has 0 aromatic carbocycles. The SMILES string of the molecule is C1=CC[N-]C=C1.CC(=NO)C(C)=NO.CC(=NO)C(C)=NO.[CH2-][N+](=O)[O-].[Co+2]. The molecule has 0 fully saturated rings. The standard InChI is InChI=1S/C5H6N.2C4H8N2O2.CH2NO2.Co/c1-2-4-6-5-3-1;2*1-3(5-7)4(2)6-8;1-2(3)4;/h1-4H,5H2;2*7-8H,1-2H3;1H2;/q-1;;;-1;+2. The predicted octanol–water partition coefficient (Wildman–Crippen LogP) is 2.87. The minimum Gasteiger partial charge on any atom is -0.687 e. The molecule has 0 aromatic rings. The van der Waals surface area contributed by atoms with E-state index in [-0.39, 0.29) is 16.8 Å². The summed E-state index contributed by atoms with van der Waals surface area (Å²) in [6.07, 6.45) is 7.73. The molecule has 0 atom stereocenters. The average Bonchev–Trinajstić information content (AvgIpc) is 2.67. The first-order chi connectivity index (χ1) is 12.2. The van der Waals surface area contributed by atoms with Crippen molar-refractivity contribution in [3.8, 4) is 0 Å². The molecule has 155 valence electrons. The molecule has 1 aliphatic rings. The first kappa shape index (κ1) is 31.7. The van der Waals surface area contributed by atoms with Gasteiger partial charge >= 0.3 is 16.8 Å². The molecule has 4 N–H and O–H groups in total. The van der Waals surface area contributed by atoms with Crippen LogP contribution in [0.5, 0.6) is 0 Å². The molecule has 1 rings (SSSR count). The molecular formula is C14H24CoN6O6. The Morgan fingerprint density at radius 1 is 0.926 bits per heavy atom. The van der Waals surface area contributed by atoms with Gasteiger partial charge in [0.15, 0.2) is 0 Å². The van der Waals surface area contributed by atoms with Gasteiger partial charge in [-0.05, 0) is 27.7 Å². The van der Waals surface area contributed by atoms with E-state index in [1.807, 2.05) is 18.2 Å². The molecular weight excluding hydrogens is 407 g/mol. The van der Waals surface area contributed by atoms with Crippen LogP contribution in [0.15, 0.2) is 45.1 Å². The maximum absolute atomic E-state index is 8.69. The third-order valence-corrected chi connectivity index (χ3v) is 2.30. The van der Waals surface area contributed by atoms with Crippen molar-refractivity contribution >= 4 is 22.8 Å². The van der Waals surface area contributed by atoms with Crippen molar-refractivity contribution in [1.82, 2.24) is 0 Å². The van der Waals surface area contributed by atoms with E-state index in [4.69, 9.17) is 30.9 Å². The quantitative estimate of drug-likeness (QED) is 0.171. The zero-order valence-corrected chi connectivity index (χ0v) is 16.4. The fourth-order valence-electron chi connectivity index (χ4n) is 0.661. The number of oxime groups is 4. The van der Waals surface area contributed by atoms with Crippen molar-refractivity contribution in [2.24, 2.45) is 20.6 Å². The number of nitrogens with zero attached hydrogens (tertiary/aromatic N) is 6. The van der Waals surface area contributed by atoms with Crippen LogP contribution >= 0.6 is 0 Å². The van der Waals surface area contributed by atoms with Crippen molar-refractivity contribution in [2.45, 2.75) is 27.7 Å². The van der Waals surface area contributed by atoms with Crippen molar-refractivity contribution in [3.05, 3.63) is 46.9 Å². The van der Waals surface area contributed by atoms with Gasteiger partial charge in [0.1, 0.15) is 22.8 Å². The van der Waals surface area contributed by atoms with E-state index in [9.17, 15) is 0 Å². The fourth-order valence-corrected chi connectivity index (χ4v) is 0.661. The first-order valence-electron chi connectivity index (χ1n) is 6.86. The Morgan fingerprint density at radius 3 is 1.30 bits per heavy atom. The monoisotopic (exact) mass is 431 g/mol. The van der Waals surface area contributed by atoms with Gasteiger partial charge in [-0.25, -0.2) is 0 Å². The van der Waals surface area contributed by atoms with Gasteiger partial charge in [-0.1, -0.05) is 39.8 Å². The summed E-state index contributed by atoms with van der Waals surface area (Å²) < 4.78 is 0. The summed E-state index contributed by atoms with van der Waals surface area (Å²) in [5, 5.41) is 55.9. The number of allylic oxidation sites excluding steroid dienone is 2. The van der Waals surface area contributed by atoms with Gasteiger partial charge in [0.2, 0.25) is 0 Å². The van der Waals surface area contributed by atoms with Crippen LogP contribution in [0.4, 0.5) is 0 Å². The molecule has 1 heterocycles. The number of hydrogen-bond acceptors (Lipinski definition) is 10. The van der Waals surface area contributed by atoms with Gasteiger partial charge in [0, 0.05) is 0 Å². The van der Waals surface area contributed by atoms with Crippen LogP contribution in [-0.4, -0.2) is 55.1 Å².